The molecule has 2 aliphatic heterocycles. The summed E-state index contributed by atoms with van der Waals surface area (Å²) in [6, 6.07) is 5.44. The lowest BCUT2D eigenvalue weighted by molar-refractivity contribution is -0.168. The van der Waals surface area contributed by atoms with E-state index in [4.69, 9.17) is 25.8 Å². The van der Waals surface area contributed by atoms with E-state index in [1.54, 1.807) is 17.0 Å². The maximum atomic E-state index is 13.0. The van der Waals surface area contributed by atoms with Crippen molar-refractivity contribution in [3.05, 3.63) is 28.8 Å². The zero-order valence-electron chi connectivity index (χ0n) is 17.8. The first-order chi connectivity index (χ1) is 14.4. The molecule has 0 bridgehead atoms. The first-order valence-corrected chi connectivity index (χ1v) is 10.9. The van der Waals surface area contributed by atoms with E-state index in [2.05, 4.69) is 0 Å². The zero-order chi connectivity index (χ0) is 21.6. The Morgan fingerprint density at radius 2 is 1.90 bits per heavy atom. The normalized spacial score (nSPS) is 22.1. The molecule has 2 amide bonds. The zero-order valence-corrected chi connectivity index (χ0v) is 18.6. The minimum absolute atomic E-state index is 0.00733. The highest BCUT2D eigenvalue weighted by Crippen LogP contribution is 2.28. The van der Waals surface area contributed by atoms with Gasteiger partial charge >= 0.3 is 0 Å². The second kappa shape index (κ2) is 10.5. The Morgan fingerprint density at radius 3 is 2.60 bits per heavy atom. The van der Waals surface area contributed by atoms with Crippen LogP contribution < -0.4 is 4.74 Å². The highest BCUT2D eigenvalue weighted by atomic mass is 35.5. The number of benzene rings is 1. The summed E-state index contributed by atoms with van der Waals surface area (Å²) < 4.78 is 17.2. The van der Waals surface area contributed by atoms with Crippen molar-refractivity contribution < 1.29 is 23.8 Å². The van der Waals surface area contributed by atoms with Crippen molar-refractivity contribution in [1.82, 2.24) is 9.80 Å². The number of hydrogen-bond donors (Lipinski definition) is 0. The van der Waals surface area contributed by atoms with E-state index >= 15 is 0 Å². The lowest BCUT2D eigenvalue weighted by Crippen LogP contribution is -2.59. The quantitative estimate of drug-likeness (QED) is 0.654. The van der Waals surface area contributed by atoms with Crippen LogP contribution in [0.25, 0.3) is 0 Å². The summed E-state index contributed by atoms with van der Waals surface area (Å²) in [5.74, 6) is 0.593. The molecule has 0 saturated carbocycles. The van der Waals surface area contributed by atoms with Crippen molar-refractivity contribution in [1.29, 1.82) is 0 Å². The van der Waals surface area contributed by atoms with Crippen LogP contribution in [0.1, 0.15) is 31.2 Å². The molecule has 1 atom stereocenters. The standard InChI is InChI=1S/C22H31ClN2O5/c1-17-12-18(6-7-19(17)23)29-16-22(13-20(26)24-8-4-3-5-9-24)15-25(10-11-30-22)21(27)14-28-2/h6-7,12H,3-5,8-11,13-16H2,1-2H3. The Balaban J connectivity index is 1.75. The molecule has 2 aliphatic rings. The SMILES string of the molecule is COCC(=O)N1CCOC(COc2ccc(Cl)c(C)c2)(CC(=O)N2CCCCC2)C1. The number of aryl methyl sites for hydroxylation is 1. The molecular weight excluding hydrogens is 408 g/mol. The first kappa shape index (κ1) is 22.8. The van der Waals surface area contributed by atoms with Gasteiger partial charge in [-0.05, 0) is 49.9 Å². The summed E-state index contributed by atoms with van der Waals surface area (Å²) in [7, 11) is 1.50. The molecule has 1 aromatic carbocycles. The van der Waals surface area contributed by atoms with Crippen molar-refractivity contribution in [2.75, 3.05) is 53.1 Å². The monoisotopic (exact) mass is 438 g/mol. The fourth-order valence-corrected chi connectivity index (χ4v) is 4.09. The third-order valence-electron chi connectivity index (χ3n) is 5.68. The fraction of sp³-hybridized carbons (Fsp3) is 0.636. The van der Waals surface area contributed by atoms with Gasteiger partial charge in [0.25, 0.3) is 0 Å². The molecule has 30 heavy (non-hydrogen) atoms. The maximum Gasteiger partial charge on any atom is 0.248 e. The van der Waals surface area contributed by atoms with E-state index in [1.165, 1.54) is 7.11 Å². The summed E-state index contributed by atoms with van der Waals surface area (Å²) >= 11 is 6.11. The number of rotatable bonds is 7. The van der Waals surface area contributed by atoms with Gasteiger partial charge in [-0.3, -0.25) is 9.59 Å². The van der Waals surface area contributed by atoms with Gasteiger partial charge in [-0.2, -0.15) is 0 Å². The average Bonchev–Trinajstić information content (AvgIpc) is 2.75. The number of morpholine rings is 1. The van der Waals surface area contributed by atoms with E-state index in [0.29, 0.717) is 30.5 Å². The van der Waals surface area contributed by atoms with Crippen molar-refractivity contribution in [2.24, 2.45) is 0 Å². The van der Waals surface area contributed by atoms with Gasteiger partial charge in [-0.15, -0.1) is 0 Å². The molecule has 166 valence electrons. The Hall–Kier alpha value is -1.83. The molecule has 0 aliphatic carbocycles. The van der Waals surface area contributed by atoms with E-state index in [-0.39, 0.29) is 31.4 Å². The van der Waals surface area contributed by atoms with Crippen LogP contribution in [0.4, 0.5) is 0 Å². The summed E-state index contributed by atoms with van der Waals surface area (Å²) in [5.41, 5.74) is 0.0121. The number of likely N-dealkylation sites (tertiary alicyclic amines) is 1. The molecule has 3 rings (SSSR count). The van der Waals surface area contributed by atoms with Crippen LogP contribution in [0, 0.1) is 6.92 Å². The molecule has 0 radical (unpaired) electrons. The summed E-state index contributed by atoms with van der Waals surface area (Å²) in [6.45, 7) is 4.76. The van der Waals surface area contributed by atoms with Crippen molar-refractivity contribution in [3.63, 3.8) is 0 Å². The van der Waals surface area contributed by atoms with E-state index in [9.17, 15) is 9.59 Å². The van der Waals surface area contributed by atoms with Gasteiger partial charge in [0.15, 0.2) is 0 Å². The largest absolute Gasteiger partial charge is 0.490 e. The van der Waals surface area contributed by atoms with Crippen LogP contribution in [-0.4, -0.2) is 80.3 Å². The van der Waals surface area contributed by atoms with E-state index in [1.807, 2.05) is 17.9 Å². The minimum atomic E-state index is -0.899. The summed E-state index contributed by atoms with van der Waals surface area (Å²) in [4.78, 5) is 29.1. The number of ether oxygens (including phenoxy) is 3. The van der Waals surface area contributed by atoms with Gasteiger partial charge in [-0.25, -0.2) is 0 Å². The molecule has 1 unspecified atom stereocenters. The number of methoxy groups -OCH3 is 1. The second-order valence-corrected chi connectivity index (χ2v) is 8.50. The number of halogens is 1. The van der Waals surface area contributed by atoms with Gasteiger partial charge in [-0.1, -0.05) is 11.6 Å². The van der Waals surface area contributed by atoms with Crippen LogP contribution in [0.15, 0.2) is 18.2 Å². The first-order valence-electron chi connectivity index (χ1n) is 10.5. The number of carbonyl (C=O) groups is 2. The van der Waals surface area contributed by atoms with Crippen molar-refractivity contribution in [3.8, 4) is 5.75 Å². The Bertz CT molecular complexity index is 753. The maximum absolute atomic E-state index is 13.0. The van der Waals surface area contributed by atoms with Gasteiger partial charge in [0, 0.05) is 31.8 Å². The molecule has 2 heterocycles. The van der Waals surface area contributed by atoms with Gasteiger partial charge in [0.05, 0.1) is 19.6 Å². The predicted octanol–water partition coefficient (Wildman–Crippen LogP) is 2.67. The van der Waals surface area contributed by atoms with Gasteiger partial charge in [0.1, 0.15) is 24.6 Å². The van der Waals surface area contributed by atoms with Crippen molar-refractivity contribution >= 4 is 23.4 Å². The smallest absolute Gasteiger partial charge is 0.248 e. The summed E-state index contributed by atoms with van der Waals surface area (Å²) in [5, 5.41) is 0.669. The third kappa shape index (κ3) is 5.86. The lowest BCUT2D eigenvalue weighted by Gasteiger charge is -2.43. The van der Waals surface area contributed by atoms with E-state index < -0.39 is 5.60 Å². The fourth-order valence-electron chi connectivity index (χ4n) is 3.97. The molecule has 2 saturated heterocycles. The number of piperidine rings is 1. The summed E-state index contributed by atoms with van der Waals surface area (Å²) in [6.07, 6.45) is 3.39. The van der Waals surface area contributed by atoms with Gasteiger partial charge < -0.3 is 24.0 Å². The Kier molecular flexibility index (Phi) is 7.97. The topological polar surface area (TPSA) is 68.3 Å². The number of amides is 2. The highest BCUT2D eigenvalue weighted by Gasteiger charge is 2.42. The molecule has 7 nitrogen and oxygen atoms in total. The van der Waals surface area contributed by atoms with Crippen LogP contribution in [0.5, 0.6) is 5.75 Å². The van der Waals surface area contributed by atoms with Crippen LogP contribution in [0.2, 0.25) is 5.02 Å². The van der Waals surface area contributed by atoms with E-state index in [0.717, 1.165) is 37.9 Å². The molecule has 8 heteroatoms. The molecular formula is C22H31ClN2O5. The predicted molar refractivity (Wildman–Crippen MR) is 114 cm³/mol. The number of hydrogen-bond acceptors (Lipinski definition) is 5. The molecule has 0 spiro atoms. The Labute approximate surface area is 183 Å². The molecule has 0 aromatic heterocycles. The highest BCUT2D eigenvalue weighted by molar-refractivity contribution is 6.31. The average molecular weight is 439 g/mol. The molecule has 2 fully saturated rings. The van der Waals surface area contributed by atoms with Crippen LogP contribution >= 0.6 is 11.6 Å². The second-order valence-electron chi connectivity index (χ2n) is 8.10. The number of carbonyl (C=O) groups excluding carboxylic acids is 2. The van der Waals surface area contributed by atoms with Crippen LogP contribution in [-0.2, 0) is 19.1 Å². The molecule has 0 N–H and O–H groups in total. The Morgan fingerprint density at radius 1 is 1.13 bits per heavy atom. The lowest BCUT2D eigenvalue weighted by atomic mass is 9.96. The third-order valence-corrected chi connectivity index (χ3v) is 6.11. The van der Waals surface area contributed by atoms with Crippen LogP contribution in [0.3, 0.4) is 0 Å². The molecule has 1 aromatic rings. The van der Waals surface area contributed by atoms with Crippen molar-refractivity contribution in [2.45, 2.75) is 38.2 Å². The minimum Gasteiger partial charge on any atom is -0.490 e. The van der Waals surface area contributed by atoms with Gasteiger partial charge in [0.2, 0.25) is 11.8 Å². The number of nitrogens with zero attached hydrogens (tertiary/aromatic N) is 2.